The Bertz CT molecular complexity index is 266. The average molecular weight is 250 g/mol. The molecule has 0 aromatic heterocycles. The van der Waals surface area contributed by atoms with Gasteiger partial charge in [-0.15, -0.1) is 0 Å². The number of likely N-dealkylation sites (N-methyl/N-ethyl adjacent to an activating group) is 1. The molecule has 18 heavy (non-hydrogen) atoms. The molecule has 0 bridgehead atoms. The van der Waals surface area contributed by atoms with E-state index in [4.69, 9.17) is 0 Å². The van der Waals surface area contributed by atoms with Crippen LogP contribution in [0.25, 0.3) is 0 Å². The number of likely N-dealkylation sites (tertiary alicyclic amines) is 1. The molecule has 1 N–H and O–H groups in total. The molecule has 1 heterocycles. The Kier molecular flexibility index (Phi) is 4.25. The Morgan fingerprint density at radius 1 is 0.833 bits per heavy atom. The van der Waals surface area contributed by atoms with Crippen LogP contribution >= 0.6 is 0 Å². The quantitative estimate of drug-likeness (QED) is 0.810. The highest BCUT2D eigenvalue weighted by molar-refractivity contribution is 4.92. The lowest BCUT2D eigenvalue weighted by molar-refractivity contribution is 0.0321. The summed E-state index contributed by atoms with van der Waals surface area (Å²) in [6.07, 6.45) is 13.2. The van der Waals surface area contributed by atoms with Gasteiger partial charge in [-0.25, -0.2) is 0 Å². The zero-order valence-electron chi connectivity index (χ0n) is 12.0. The topological polar surface area (TPSA) is 15.3 Å². The molecule has 3 rings (SSSR count). The van der Waals surface area contributed by atoms with E-state index < -0.39 is 0 Å². The summed E-state index contributed by atoms with van der Waals surface area (Å²) in [5.74, 6) is 2.11. The molecule has 0 amide bonds. The van der Waals surface area contributed by atoms with Crippen LogP contribution in [-0.4, -0.2) is 37.1 Å². The van der Waals surface area contributed by atoms with Gasteiger partial charge in [-0.3, -0.25) is 4.90 Å². The second kappa shape index (κ2) is 5.92. The molecule has 1 saturated heterocycles. The molecule has 2 heteroatoms. The molecule has 0 aromatic rings. The van der Waals surface area contributed by atoms with E-state index in [2.05, 4.69) is 17.3 Å². The van der Waals surface area contributed by atoms with E-state index in [0.717, 1.165) is 23.9 Å². The fourth-order valence-electron chi connectivity index (χ4n) is 4.82. The Morgan fingerprint density at radius 2 is 1.56 bits per heavy atom. The Labute approximate surface area is 113 Å². The van der Waals surface area contributed by atoms with E-state index in [-0.39, 0.29) is 0 Å². The number of hydrogen-bond acceptors (Lipinski definition) is 2. The summed E-state index contributed by atoms with van der Waals surface area (Å²) in [7, 11) is 2.16. The van der Waals surface area contributed by atoms with E-state index in [1.165, 1.54) is 70.9 Å². The zero-order valence-corrected chi connectivity index (χ0v) is 12.0. The van der Waals surface area contributed by atoms with Crippen molar-refractivity contribution >= 4 is 0 Å². The Balaban J connectivity index is 1.61. The van der Waals surface area contributed by atoms with Crippen molar-refractivity contribution in [1.29, 1.82) is 0 Å². The smallest absolute Gasteiger partial charge is 0.0249 e. The molecule has 4 atom stereocenters. The van der Waals surface area contributed by atoms with Gasteiger partial charge < -0.3 is 5.32 Å². The summed E-state index contributed by atoms with van der Waals surface area (Å²) in [6.45, 7) is 2.79. The van der Waals surface area contributed by atoms with Gasteiger partial charge in [-0.1, -0.05) is 32.1 Å². The SMILES string of the molecule is CNC1CCCCC1N1CCC2CCCCC2C1. The highest BCUT2D eigenvalue weighted by Crippen LogP contribution is 2.38. The molecule has 2 saturated carbocycles. The third-order valence-corrected chi connectivity index (χ3v) is 5.89. The van der Waals surface area contributed by atoms with Crippen molar-refractivity contribution in [2.24, 2.45) is 11.8 Å². The summed E-state index contributed by atoms with van der Waals surface area (Å²) in [6, 6.07) is 1.60. The molecular weight excluding hydrogens is 220 g/mol. The van der Waals surface area contributed by atoms with E-state index >= 15 is 0 Å². The molecule has 1 aliphatic heterocycles. The third-order valence-electron chi connectivity index (χ3n) is 5.89. The maximum absolute atomic E-state index is 3.58. The van der Waals surface area contributed by atoms with Gasteiger partial charge in [0, 0.05) is 18.6 Å². The molecule has 0 spiro atoms. The highest BCUT2D eigenvalue weighted by Gasteiger charge is 2.36. The minimum atomic E-state index is 0.763. The molecule has 2 nitrogen and oxygen atoms in total. The normalized spacial score (nSPS) is 42.5. The van der Waals surface area contributed by atoms with Gasteiger partial charge in [0.2, 0.25) is 0 Å². The van der Waals surface area contributed by atoms with Gasteiger partial charge >= 0.3 is 0 Å². The van der Waals surface area contributed by atoms with Crippen LogP contribution in [-0.2, 0) is 0 Å². The van der Waals surface area contributed by atoms with Crippen molar-refractivity contribution in [3.63, 3.8) is 0 Å². The number of nitrogens with zero attached hydrogens (tertiary/aromatic N) is 1. The van der Waals surface area contributed by atoms with Crippen molar-refractivity contribution in [2.75, 3.05) is 20.1 Å². The van der Waals surface area contributed by atoms with Crippen LogP contribution in [0.1, 0.15) is 57.8 Å². The monoisotopic (exact) mass is 250 g/mol. The van der Waals surface area contributed by atoms with Crippen molar-refractivity contribution in [3.8, 4) is 0 Å². The van der Waals surface area contributed by atoms with Crippen LogP contribution in [0.15, 0.2) is 0 Å². The lowest BCUT2D eigenvalue weighted by Crippen LogP contribution is -2.55. The summed E-state index contributed by atoms with van der Waals surface area (Å²) >= 11 is 0. The molecule has 3 fully saturated rings. The Hall–Kier alpha value is -0.0800. The van der Waals surface area contributed by atoms with Crippen molar-refractivity contribution in [1.82, 2.24) is 10.2 Å². The van der Waals surface area contributed by atoms with E-state index in [9.17, 15) is 0 Å². The zero-order chi connectivity index (χ0) is 12.4. The van der Waals surface area contributed by atoms with E-state index in [1.54, 1.807) is 0 Å². The van der Waals surface area contributed by atoms with Gasteiger partial charge in [0.25, 0.3) is 0 Å². The minimum Gasteiger partial charge on any atom is -0.315 e. The molecular formula is C16H30N2. The summed E-state index contributed by atoms with van der Waals surface area (Å²) in [5, 5.41) is 3.58. The van der Waals surface area contributed by atoms with Gasteiger partial charge in [0.1, 0.15) is 0 Å². The first-order chi connectivity index (χ1) is 8.88. The van der Waals surface area contributed by atoms with Crippen molar-refractivity contribution in [3.05, 3.63) is 0 Å². The number of hydrogen-bond donors (Lipinski definition) is 1. The molecule has 104 valence electrons. The number of fused-ring (bicyclic) bond motifs is 1. The van der Waals surface area contributed by atoms with Gasteiger partial charge in [0.15, 0.2) is 0 Å². The second-order valence-corrected chi connectivity index (χ2v) is 6.84. The standard InChI is InChI=1S/C16H30N2/c1-17-15-8-4-5-9-16(15)18-11-10-13-6-2-3-7-14(13)12-18/h13-17H,2-12H2,1H3. The first kappa shape index (κ1) is 12.9. The predicted molar refractivity (Wildman–Crippen MR) is 76.7 cm³/mol. The maximum atomic E-state index is 3.58. The molecule has 2 aliphatic carbocycles. The van der Waals surface area contributed by atoms with Crippen LogP contribution in [0.3, 0.4) is 0 Å². The highest BCUT2D eigenvalue weighted by atomic mass is 15.2. The number of rotatable bonds is 2. The summed E-state index contributed by atoms with van der Waals surface area (Å²) < 4.78 is 0. The van der Waals surface area contributed by atoms with Crippen LogP contribution < -0.4 is 5.32 Å². The van der Waals surface area contributed by atoms with Gasteiger partial charge in [0.05, 0.1) is 0 Å². The second-order valence-electron chi connectivity index (χ2n) is 6.84. The van der Waals surface area contributed by atoms with E-state index in [1.807, 2.05) is 0 Å². The predicted octanol–water partition coefficient (Wildman–Crippen LogP) is 3.03. The van der Waals surface area contributed by atoms with Crippen molar-refractivity contribution < 1.29 is 0 Å². The van der Waals surface area contributed by atoms with E-state index in [0.29, 0.717) is 0 Å². The van der Waals surface area contributed by atoms with Crippen LogP contribution in [0.4, 0.5) is 0 Å². The molecule has 4 unspecified atom stereocenters. The van der Waals surface area contributed by atoms with Gasteiger partial charge in [-0.05, 0) is 51.1 Å². The summed E-state index contributed by atoms with van der Waals surface area (Å²) in [4.78, 5) is 2.85. The van der Waals surface area contributed by atoms with Crippen molar-refractivity contribution in [2.45, 2.75) is 69.9 Å². The van der Waals surface area contributed by atoms with Gasteiger partial charge in [-0.2, -0.15) is 0 Å². The fraction of sp³-hybridized carbons (Fsp3) is 1.00. The summed E-state index contributed by atoms with van der Waals surface area (Å²) in [5.41, 5.74) is 0. The minimum absolute atomic E-state index is 0.763. The van der Waals surface area contributed by atoms with Crippen LogP contribution in [0.2, 0.25) is 0 Å². The van der Waals surface area contributed by atoms with Crippen LogP contribution in [0.5, 0.6) is 0 Å². The first-order valence-electron chi connectivity index (χ1n) is 8.30. The fourth-order valence-corrected chi connectivity index (χ4v) is 4.82. The molecule has 3 aliphatic rings. The third kappa shape index (κ3) is 2.60. The largest absolute Gasteiger partial charge is 0.315 e. The average Bonchev–Trinajstić information content (AvgIpc) is 2.46. The lowest BCUT2D eigenvalue weighted by Gasteiger charge is -2.47. The molecule has 0 radical (unpaired) electrons. The number of nitrogens with one attached hydrogen (secondary N) is 1. The Morgan fingerprint density at radius 3 is 2.39 bits per heavy atom. The molecule has 0 aromatic carbocycles. The number of piperidine rings is 1. The lowest BCUT2D eigenvalue weighted by atomic mass is 9.74. The van der Waals surface area contributed by atoms with Crippen LogP contribution in [0, 0.1) is 11.8 Å². The maximum Gasteiger partial charge on any atom is 0.0249 e. The first-order valence-corrected chi connectivity index (χ1v) is 8.30.